The number of carbonyl (C=O) groups is 2. The van der Waals surface area contributed by atoms with Crippen LogP contribution in [0.2, 0.25) is 0 Å². The Morgan fingerprint density at radius 3 is 2.08 bits per heavy atom. The van der Waals surface area contributed by atoms with Crippen LogP contribution in [0.4, 0.5) is 0 Å². The van der Waals surface area contributed by atoms with E-state index in [1.807, 2.05) is 60.7 Å². The maximum atomic E-state index is 13.9. The summed E-state index contributed by atoms with van der Waals surface area (Å²) in [6, 6.07) is 21.6. The predicted octanol–water partition coefficient (Wildman–Crippen LogP) is 5.19. The van der Waals surface area contributed by atoms with E-state index in [9.17, 15) is 9.59 Å². The monoisotopic (exact) mass is 518 g/mol. The number of nitrogens with zero attached hydrogens (tertiary/aromatic N) is 1. The molecule has 1 unspecified atom stereocenters. The number of rotatable bonds is 13. The molecule has 1 atom stereocenters. The number of carbonyl (C=O) groups excluding carboxylic acids is 2. The molecule has 3 rings (SSSR count). The largest absolute Gasteiger partial charge is 0.497 e. The highest BCUT2D eigenvalue weighted by atomic mass is 16.5. The SMILES string of the molecule is COc1ccc(CN(C(=O)Cc2ccc(OC)c(OC)c2)C(C(=O)NCCC(C)C)c2ccccc2)cc1. The summed E-state index contributed by atoms with van der Waals surface area (Å²) in [6.45, 7) is 5.03. The van der Waals surface area contributed by atoms with E-state index < -0.39 is 6.04 Å². The molecule has 0 aromatic heterocycles. The second-order valence-corrected chi connectivity index (χ2v) is 9.52. The van der Waals surface area contributed by atoms with Crippen LogP contribution in [-0.4, -0.2) is 44.6 Å². The second-order valence-electron chi connectivity index (χ2n) is 9.52. The molecule has 0 saturated carbocycles. The minimum atomic E-state index is -0.793. The molecule has 0 bridgehead atoms. The van der Waals surface area contributed by atoms with Crippen LogP contribution in [0.15, 0.2) is 72.8 Å². The number of hydrogen-bond acceptors (Lipinski definition) is 5. The summed E-state index contributed by atoms with van der Waals surface area (Å²) in [5.74, 6) is 1.93. The van der Waals surface area contributed by atoms with Crippen LogP contribution in [0.25, 0.3) is 0 Å². The number of hydrogen-bond donors (Lipinski definition) is 1. The molecule has 0 aliphatic rings. The maximum absolute atomic E-state index is 13.9. The summed E-state index contributed by atoms with van der Waals surface area (Å²) in [4.78, 5) is 29.2. The molecule has 1 N–H and O–H groups in total. The zero-order valence-corrected chi connectivity index (χ0v) is 22.9. The highest BCUT2D eigenvalue weighted by Crippen LogP contribution is 2.29. The van der Waals surface area contributed by atoms with Crippen molar-refractivity contribution in [1.29, 1.82) is 0 Å². The normalized spacial score (nSPS) is 11.5. The Balaban J connectivity index is 1.98. The lowest BCUT2D eigenvalue weighted by Gasteiger charge is -2.32. The van der Waals surface area contributed by atoms with Crippen LogP contribution in [0.5, 0.6) is 17.2 Å². The molecule has 0 saturated heterocycles. The van der Waals surface area contributed by atoms with Crippen molar-refractivity contribution in [2.45, 2.75) is 39.3 Å². The van der Waals surface area contributed by atoms with Crippen LogP contribution in [-0.2, 0) is 22.6 Å². The fourth-order valence-electron chi connectivity index (χ4n) is 4.21. The van der Waals surface area contributed by atoms with E-state index in [1.54, 1.807) is 38.4 Å². The van der Waals surface area contributed by atoms with E-state index in [0.29, 0.717) is 24.0 Å². The van der Waals surface area contributed by atoms with Crippen molar-refractivity contribution in [2.24, 2.45) is 5.92 Å². The van der Waals surface area contributed by atoms with Crippen LogP contribution in [0, 0.1) is 5.92 Å². The molecule has 0 fully saturated rings. The first kappa shape index (κ1) is 28.6. The van der Waals surface area contributed by atoms with Gasteiger partial charge in [-0.2, -0.15) is 0 Å². The Labute approximate surface area is 225 Å². The van der Waals surface area contributed by atoms with Gasteiger partial charge < -0.3 is 24.4 Å². The highest BCUT2D eigenvalue weighted by Gasteiger charge is 2.31. The first-order valence-corrected chi connectivity index (χ1v) is 12.8. The Morgan fingerprint density at radius 2 is 1.47 bits per heavy atom. The van der Waals surface area contributed by atoms with Crippen LogP contribution in [0.1, 0.15) is 43.0 Å². The fourth-order valence-corrected chi connectivity index (χ4v) is 4.21. The molecule has 0 heterocycles. The van der Waals surface area contributed by atoms with Crippen molar-refractivity contribution in [1.82, 2.24) is 10.2 Å². The molecule has 3 aromatic rings. The van der Waals surface area contributed by atoms with Crippen LogP contribution < -0.4 is 19.5 Å². The van der Waals surface area contributed by atoms with Crippen molar-refractivity contribution in [3.8, 4) is 17.2 Å². The van der Waals surface area contributed by atoms with Gasteiger partial charge in [0.05, 0.1) is 27.8 Å². The summed E-state index contributed by atoms with van der Waals surface area (Å²) in [5.41, 5.74) is 2.41. The summed E-state index contributed by atoms with van der Waals surface area (Å²) < 4.78 is 16.1. The Hall–Kier alpha value is -4.00. The van der Waals surface area contributed by atoms with Gasteiger partial charge in [-0.05, 0) is 53.3 Å². The first-order chi connectivity index (χ1) is 18.4. The number of nitrogens with one attached hydrogen (secondary N) is 1. The average Bonchev–Trinajstić information content (AvgIpc) is 2.93. The van der Waals surface area contributed by atoms with Crippen molar-refractivity contribution < 1.29 is 23.8 Å². The Bertz CT molecular complexity index is 1180. The van der Waals surface area contributed by atoms with Gasteiger partial charge in [0.1, 0.15) is 11.8 Å². The summed E-state index contributed by atoms with van der Waals surface area (Å²) in [5, 5.41) is 3.06. The molecule has 3 aromatic carbocycles. The first-order valence-electron chi connectivity index (χ1n) is 12.8. The van der Waals surface area contributed by atoms with Gasteiger partial charge in [0.25, 0.3) is 0 Å². The minimum Gasteiger partial charge on any atom is -0.497 e. The van der Waals surface area contributed by atoms with Gasteiger partial charge in [0.15, 0.2) is 11.5 Å². The van der Waals surface area contributed by atoms with E-state index in [-0.39, 0.29) is 24.8 Å². The Kier molecular flexibility index (Phi) is 10.6. The van der Waals surface area contributed by atoms with Gasteiger partial charge >= 0.3 is 0 Å². The zero-order chi connectivity index (χ0) is 27.5. The van der Waals surface area contributed by atoms with Crippen LogP contribution >= 0.6 is 0 Å². The van der Waals surface area contributed by atoms with Crippen molar-refractivity contribution in [2.75, 3.05) is 27.9 Å². The highest BCUT2D eigenvalue weighted by molar-refractivity contribution is 5.89. The van der Waals surface area contributed by atoms with Gasteiger partial charge in [0, 0.05) is 13.1 Å². The maximum Gasteiger partial charge on any atom is 0.247 e. The third kappa shape index (κ3) is 7.75. The average molecular weight is 519 g/mol. The molecule has 0 aliphatic heterocycles. The number of ether oxygens (including phenoxy) is 3. The second kappa shape index (κ2) is 14.1. The quantitative estimate of drug-likeness (QED) is 0.337. The van der Waals surface area contributed by atoms with Gasteiger partial charge in [-0.3, -0.25) is 9.59 Å². The lowest BCUT2D eigenvalue weighted by molar-refractivity contribution is -0.141. The van der Waals surface area contributed by atoms with Gasteiger partial charge in [-0.25, -0.2) is 0 Å². The molecular weight excluding hydrogens is 480 g/mol. The minimum absolute atomic E-state index is 0.0963. The number of amides is 2. The Morgan fingerprint density at radius 1 is 0.816 bits per heavy atom. The molecule has 7 nitrogen and oxygen atoms in total. The standard InChI is InChI=1S/C31H38N2O5/c1-22(2)17-18-32-31(35)30(25-9-7-6-8-10-25)33(21-23-11-14-26(36-3)15-12-23)29(34)20-24-13-16-27(37-4)28(19-24)38-5/h6-16,19,22,30H,17-18,20-21H2,1-5H3,(H,32,35). The van der Waals surface area contributed by atoms with E-state index >= 15 is 0 Å². The van der Waals surface area contributed by atoms with E-state index in [2.05, 4.69) is 19.2 Å². The molecule has 202 valence electrons. The molecule has 38 heavy (non-hydrogen) atoms. The summed E-state index contributed by atoms with van der Waals surface area (Å²) >= 11 is 0. The van der Waals surface area contributed by atoms with Gasteiger partial charge in [-0.15, -0.1) is 0 Å². The molecule has 7 heteroatoms. The lowest BCUT2D eigenvalue weighted by Crippen LogP contribution is -2.44. The lowest BCUT2D eigenvalue weighted by atomic mass is 10.0. The van der Waals surface area contributed by atoms with Gasteiger partial charge in [-0.1, -0.05) is 62.4 Å². The molecule has 2 amide bonds. The molecule has 0 radical (unpaired) electrons. The van der Waals surface area contributed by atoms with Gasteiger partial charge in [0.2, 0.25) is 11.8 Å². The summed E-state index contributed by atoms with van der Waals surface area (Å²) in [7, 11) is 4.74. The van der Waals surface area contributed by atoms with Crippen molar-refractivity contribution in [3.05, 3.63) is 89.5 Å². The smallest absolute Gasteiger partial charge is 0.247 e. The van der Waals surface area contributed by atoms with Crippen molar-refractivity contribution in [3.63, 3.8) is 0 Å². The molecule has 0 aliphatic carbocycles. The molecule has 0 spiro atoms. The third-order valence-corrected chi connectivity index (χ3v) is 6.33. The van der Waals surface area contributed by atoms with Crippen molar-refractivity contribution >= 4 is 11.8 Å². The number of methoxy groups -OCH3 is 3. The number of benzene rings is 3. The zero-order valence-electron chi connectivity index (χ0n) is 22.9. The molecular formula is C31H38N2O5. The third-order valence-electron chi connectivity index (χ3n) is 6.33. The predicted molar refractivity (Wildman–Crippen MR) is 148 cm³/mol. The topological polar surface area (TPSA) is 77.1 Å². The van der Waals surface area contributed by atoms with Crippen LogP contribution in [0.3, 0.4) is 0 Å². The van der Waals surface area contributed by atoms with E-state index in [1.165, 1.54) is 0 Å². The van der Waals surface area contributed by atoms with E-state index in [0.717, 1.165) is 28.9 Å². The van der Waals surface area contributed by atoms with E-state index in [4.69, 9.17) is 14.2 Å². The summed E-state index contributed by atoms with van der Waals surface area (Å²) in [6.07, 6.45) is 0.949. The fraction of sp³-hybridized carbons (Fsp3) is 0.355.